The SMILES string of the molecule is O=C(O)c1c(I)[nH]c2ccccc12. The molecule has 0 radical (unpaired) electrons. The fraction of sp³-hybridized carbons (Fsp3) is 0. The molecule has 66 valence electrons. The molecule has 0 amide bonds. The summed E-state index contributed by atoms with van der Waals surface area (Å²) in [4.78, 5) is 13.9. The van der Waals surface area contributed by atoms with E-state index in [1.165, 1.54) is 0 Å². The maximum absolute atomic E-state index is 10.9. The van der Waals surface area contributed by atoms with E-state index >= 15 is 0 Å². The van der Waals surface area contributed by atoms with Crippen molar-refractivity contribution in [2.45, 2.75) is 0 Å². The number of rotatable bonds is 1. The molecule has 1 aromatic heterocycles. The molecular weight excluding hydrogens is 281 g/mol. The molecule has 0 saturated carbocycles. The Morgan fingerprint density at radius 1 is 1.38 bits per heavy atom. The van der Waals surface area contributed by atoms with Crippen LogP contribution in [0.25, 0.3) is 10.9 Å². The maximum Gasteiger partial charge on any atom is 0.338 e. The first-order valence-electron chi connectivity index (χ1n) is 3.69. The van der Waals surface area contributed by atoms with Crippen molar-refractivity contribution in [1.29, 1.82) is 0 Å². The van der Waals surface area contributed by atoms with E-state index in [4.69, 9.17) is 5.11 Å². The lowest BCUT2D eigenvalue weighted by Crippen LogP contribution is -1.96. The van der Waals surface area contributed by atoms with Gasteiger partial charge in [0.15, 0.2) is 0 Å². The van der Waals surface area contributed by atoms with Crippen molar-refractivity contribution in [2.24, 2.45) is 0 Å². The summed E-state index contributed by atoms with van der Waals surface area (Å²) in [6.45, 7) is 0. The minimum atomic E-state index is -0.887. The van der Waals surface area contributed by atoms with Crippen LogP contribution < -0.4 is 0 Å². The average molecular weight is 287 g/mol. The van der Waals surface area contributed by atoms with Crippen LogP contribution in [-0.4, -0.2) is 16.1 Å². The van der Waals surface area contributed by atoms with Gasteiger partial charge in [0.25, 0.3) is 0 Å². The number of carboxylic acids is 1. The molecule has 0 aliphatic heterocycles. The van der Waals surface area contributed by atoms with E-state index in [0.717, 1.165) is 10.9 Å². The quantitative estimate of drug-likeness (QED) is 0.792. The molecule has 0 unspecified atom stereocenters. The normalized spacial score (nSPS) is 10.5. The zero-order valence-corrected chi connectivity index (χ0v) is 8.70. The van der Waals surface area contributed by atoms with Gasteiger partial charge in [-0.25, -0.2) is 4.79 Å². The average Bonchev–Trinajstić information content (AvgIpc) is 2.39. The third kappa shape index (κ3) is 1.31. The number of para-hydroxylation sites is 1. The topological polar surface area (TPSA) is 53.1 Å². The molecule has 0 aliphatic carbocycles. The Bertz CT molecular complexity index is 475. The molecule has 0 atom stereocenters. The van der Waals surface area contributed by atoms with Gasteiger partial charge in [0, 0.05) is 10.9 Å². The summed E-state index contributed by atoms with van der Waals surface area (Å²) < 4.78 is 0.673. The summed E-state index contributed by atoms with van der Waals surface area (Å²) >= 11 is 1.99. The lowest BCUT2D eigenvalue weighted by molar-refractivity contribution is 0.0698. The highest BCUT2D eigenvalue weighted by Gasteiger charge is 2.14. The third-order valence-electron chi connectivity index (χ3n) is 1.87. The van der Waals surface area contributed by atoms with Crippen LogP contribution in [-0.2, 0) is 0 Å². The second-order valence-corrected chi connectivity index (χ2v) is 3.74. The first-order valence-corrected chi connectivity index (χ1v) is 4.77. The molecule has 1 heterocycles. The lowest BCUT2D eigenvalue weighted by Gasteiger charge is -1.90. The second-order valence-electron chi connectivity index (χ2n) is 2.66. The summed E-state index contributed by atoms with van der Waals surface area (Å²) in [6, 6.07) is 7.38. The fourth-order valence-electron chi connectivity index (χ4n) is 1.32. The van der Waals surface area contributed by atoms with E-state index < -0.39 is 5.97 Å². The predicted octanol–water partition coefficient (Wildman–Crippen LogP) is 2.47. The van der Waals surface area contributed by atoms with E-state index in [0.29, 0.717) is 9.26 Å². The smallest absolute Gasteiger partial charge is 0.338 e. The predicted molar refractivity (Wildman–Crippen MR) is 58.0 cm³/mol. The van der Waals surface area contributed by atoms with Gasteiger partial charge < -0.3 is 10.1 Å². The molecule has 2 rings (SSSR count). The van der Waals surface area contributed by atoms with Crippen molar-refractivity contribution in [3.8, 4) is 0 Å². The van der Waals surface area contributed by atoms with Crippen molar-refractivity contribution in [1.82, 2.24) is 4.98 Å². The molecule has 3 nitrogen and oxygen atoms in total. The first kappa shape index (κ1) is 8.55. The van der Waals surface area contributed by atoms with Gasteiger partial charge in [-0.2, -0.15) is 0 Å². The third-order valence-corrected chi connectivity index (χ3v) is 2.68. The number of carboxylic acid groups (broad SMARTS) is 1. The van der Waals surface area contributed by atoms with Gasteiger partial charge in [0.2, 0.25) is 0 Å². The number of aromatic amines is 1. The zero-order chi connectivity index (χ0) is 9.42. The first-order chi connectivity index (χ1) is 6.20. The summed E-state index contributed by atoms with van der Waals surface area (Å²) in [5.41, 5.74) is 1.22. The number of hydrogen-bond acceptors (Lipinski definition) is 1. The molecule has 2 N–H and O–H groups in total. The van der Waals surface area contributed by atoms with Gasteiger partial charge in [-0.15, -0.1) is 0 Å². The Morgan fingerprint density at radius 2 is 2.08 bits per heavy atom. The molecule has 4 heteroatoms. The highest BCUT2D eigenvalue weighted by molar-refractivity contribution is 14.1. The Labute approximate surface area is 87.9 Å². The summed E-state index contributed by atoms with van der Waals surface area (Å²) in [5.74, 6) is -0.887. The van der Waals surface area contributed by atoms with Crippen LogP contribution in [0.1, 0.15) is 10.4 Å². The van der Waals surface area contributed by atoms with Crippen LogP contribution in [0.4, 0.5) is 0 Å². The number of benzene rings is 1. The molecule has 0 fully saturated rings. The molecule has 0 aliphatic rings. The van der Waals surface area contributed by atoms with Crippen LogP contribution in [0.3, 0.4) is 0 Å². The van der Waals surface area contributed by atoms with E-state index in [2.05, 4.69) is 4.98 Å². The molecule has 1 aromatic carbocycles. The lowest BCUT2D eigenvalue weighted by atomic mass is 10.2. The van der Waals surface area contributed by atoms with E-state index in [1.54, 1.807) is 6.07 Å². The Balaban J connectivity index is 2.86. The van der Waals surface area contributed by atoms with Gasteiger partial charge >= 0.3 is 5.97 Å². The van der Waals surface area contributed by atoms with Gasteiger partial charge in [0.1, 0.15) is 0 Å². The van der Waals surface area contributed by atoms with Gasteiger partial charge in [-0.1, -0.05) is 18.2 Å². The van der Waals surface area contributed by atoms with Crippen molar-refractivity contribution in [3.63, 3.8) is 0 Å². The summed E-state index contributed by atoms with van der Waals surface area (Å²) in [5, 5.41) is 9.69. The number of hydrogen-bond donors (Lipinski definition) is 2. The standard InChI is InChI=1S/C9H6INO2/c10-8-7(9(12)13)5-3-1-2-4-6(5)11-8/h1-4,11H,(H,12,13). The number of fused-ring (bicyclic) bond motifs is 1. The molecule has 13 heavy (non-hydrogen) atoms. The maximum atomic E-state index is 10.9. The van der Waals surface area contributed by atoms with Crippen molar-refractivity contribution >= 4 is 39.5 Å². The van der Waals surface area contributed by atoms with E-state index in [1.807, 2.05) is 40.8 Å². The minimum Gasteiger partial charge on any atom is -0.478 e. The van der Waals surface area contributed by atoms with Crippen molar-refractivity contribution < 1.29 is 9.90 Å². The largest absolute Gasteiger partial charge is 0.478 e. The Hall–Kier alpha value is -1.04. The highest BCUT2D eigenvalue weighted by atomic mass is 127. The number of halogens is 1. The van der Waals surface area contributed by atoms with Crippen LogP contribution in [0.15, 0.2) is 24.3 Å². The zero-order valence-electron chi connectivity index (χ0n) is 6.54. The summed E-state index contributed by atoms with van der Waals surface area (Å²) in [7, 11) is 0. The fourth-order valence-corrected chi connectivity index (χ4v) is 2.13. The van der Waals surface area contributed by atoms with Crippen LogP contribution in [0.5, 0.6) is 0 Å². The second kappa shape index (κ2) is 3.02. The molecule has 0 spiro atoms. The number of aromatic nitrogens is 1. The van der Waals surface area contributed by atoms with Gasteiger partial charge in [-0.3, -0.25) is 0 Å². The van der Waals surface area contributed by atoms with Gasteiger partial charge in [-0.05, 0) is 28.7 Å². The number of aromatic carboxylic acids is 1. The molecular formula is C9H6INO2. The van der Waals surface area contributed by atoms with Crippen LogP contribution >= 0.6 is 22.6 Å². The van der Waals surface area contributed by atoms with E-state index in [9.17, 15) is 4.79 Å². The summed E-state index contributed by atoms with van der Waals surface area (Å²) in [6.07, 6.45) is 0. The van der Waals surface area contributed by atoms with Crippen LogP contribution in [0, 0.1) is 3.70 Å². The van der Waals surface area contributed by atoms with Crippen molar-refractivity contribution in [3.05, 3.63) is 33.5 Å². The van der Waals surface area contributed by atoms with Crippen molar-refractivity contribution in [2.75, 3.05) is 0 Å². The Morgan fingerprint density at radius 3 is 2.77 bits per heavy atom. The molecule has 0 saturated heterocycles. The van der Waals surface area contributed by atoms with Crippen LogP contribution in [0.2, 0.25) is 0 Å². The Kier molecular flexibility index (Phi) is 1.99. The molecule has 2 aromatic rings. The van der Waals surface area contributed by atoms with Gasteiger partial charge in [0.05, 0.1) is 9.26 Å². The molecule has 0 bridgehead atoms. The number of nitrogens with one attached hydrogen (secondary N) is 1. The minimum absolute atomic E-state index is 0.358. The van der Waals surface area contributed by atoms with E-state index in [-0.39, 0.29) is 0 Å². The number of H-pyrrole nitrogens is 1. The number of carbonyl (C=O) groups is 1. The highest BCUT2D eigenvalue weighted by Crippen LogP contribution is 2.23. The monoisotopic (exact) mass is 287 g/mol.